The predicted molar refractivity (Wildman–Crippen MR) is 83.6 cm³/mol. The van der Waals surface area contributed by atoms with E-state index < -0.39 is 0 Å². The van der Waals surface area contributed by atoms with Crippen LogP contribution in [-0.2, 0) is 0 Å². The van der Waals surface area contributed by atoms with E-state index in [-0.39, 0.29) is 0 Å². The van der Waals surface area contributed by atoms with Crippen molar-refractivity contribution in [3.05, 3.63) is 63.5 Å². The maximum Gasteiger partial charge on any atom is 0.0384 e. The molecule has 0 aliphatic carbocycles. The molecule has 0 radical (unpaired) electrons. The average molecular weight is 352 g/mol. The van der Waals surface area contributed by atoms with Crippen LogP contribution in [-0.4, -0.2) is 12.0 Å². The number of rotatable bonds is 4. The third-order valence-corrected chi connectivity index (χ3v) is 3.99. The van der Waals surface area contributed by atoms with Gasteiger partial charge in [-0.2, -0.15) is 0 Å². The molecule has 0 saturated carbocycles. The number of nitrogens with zero attached hydrogens (tertiary/aromatic N) is 1. The highest BCUT2D eigenvalue weighted by molar-refractivity contribution is 14.1. The largest absolute Gasteiger partial charge is 0.312 e. The second-order valence-electron chi connectivity index (χ2n) is 4.39. The van der Waals surface area contributed by atoms with Gasteiger partial charge in [-0.05, 0) is 65.0 Å². The third-order valence-electron chi connectivity index (χ3n) is 3.27. The lowest BCUT2D eigenvalue weighted by Crippen LogP contribution is -2.22. The van der Waals surface area contributed by atoms with Gasteiger partial charge in [-0.1, -0.05) is 19.1 Å². The molecule has 0 fully saturated rings. The van der Waals surface area contributed by atoms with Gasteiger partial charge in [-0.3, -0.25) is 4.98 Å². The highest BCUT2D eigenvalue weighted by atomic mass is 127. The molecule has 2 nitrogen and oxygen atoms in total. The Morgan fingerprint density at radius 2 is 1.61 bits per heavy atom. The lowest BCUT2D eigenvalue weighted by molar-refractivity contribution is 0.507. The minimum Gasteiger partial charge on any atom is -0.312 e. The molecule has 2 rings (SSSR count). The van der Waals surface area contributed by atoms with Gasteiger partial charge in [0.05, 0.1) is 0 Å². The fraction of sp³-hybridized carbons (Fsp3) is 0.267. The Kier molecular flexibility index (Phi) is 4.72. The molecule has 1 heterocycles. The molecule has 3 heteroatoms. The highest BCUT2D eigenvalue weighted by Gasteiger charge is 2.18. The maximum absolute atomic E-state index is 4.08. The van der Waals surface area contributed by atoms with Gasteiger partial charge in [-0.15, -0.1) is 0 Å². The topological polar surface area (TPSA) is 24.9 Å². The molecule has 0 saturated heterocycles. The number of aromatic nitrogens is 1. The van der Waals surface area contributed by atoms with Crippen LogP contribution in [0.15, 0.2) is 48.8 Å². The number of pyridine rings is 1. The van der Waals surface area contributed by atoms with E-state index in [2.05, 4.69) is 76.2 Å². The molecule has 2 aromatic rings. The van der Waals surface area contributed by atoms with E-state index in [1.165, 1.54) is 14.7 Å². The summed E-state index contributed by atoms with van der Waals surface area (Å²) in [6.45, 7) is 2.24. The van der Waals surface area contributed by atoms with E-state index in [1.807, 2.05) is 19.4 Å². The number of halogens is 1. The van der Waals surface area contributed by atoms with Crippen molar-refractivity contribution in [2.24, 2.45) is 0 Å². The van der Waals surface area contributed by atoms with Crippen LogP contribution >= 0.6 is 22.6 Å². The summed E-state index contributed by atoms with van der Waals surface area (Å²) in [4.78, 5) is 4.08. The summed E-state index contributed by atoms with van der Waals surface area (Å²) in [7, 11) is 2.01. The third kappa shape index (κ3) is 3.09. The van der Waals surface area contributed by atoms with E-state index in [0.29, 0.717) is 12.0 Å². The van der Waals surface area contributed by atoms with Crippen molar-refractivity contribution in [3.8, 4) is 0 Å². The molecule has 2 unspecified atom stereocenters. The highest BCUT2D eigenvalue weighted by Crippen LogP contribution is 2.30. The number of benzene rings is 1. The summed E-state index contributed by atoms with van der Waals surface area (Å²) in [6.07, 6.45) is 3.71. The van der Waals surface area contributed by atoms with Gasteiger partial charge in [0.2, 0.25) is 0 Å². The molecule has 0 spiro atoms. The molecule has 1 N–H and O–H groups in total. The molecular weight excluding hydrogens is 335 g/mol. The fourth-order valence-corrected chi connectivity index (χ4v) is 2.59. The molecule has 94 valence electrons. The summed E-state index contributed by atoms with van der Waals surface area (Å²) in [5.74, 6) is 0.415. The van der Waals surface area contributed by atoms with E-state index in [4.69, 9.17) is 0 Å². The minimum atomic E-state index is 0.324. The van der Waals surface area contributed by atoms with Gasteiger partial charge in [0, 0.05) is 27.9 Å². The Hall–Kier alpha value is -0.940. The molecule has 1 aromatic carbocycles. The first-order chi connectivity index (χ1) is 8.72. The smallest absolute Gasteiger partial charge is 0.0384 e. The number of hydrogen-bond donors (Lipinski definition) is 1. The van der Waals surface area contributed by atoms with Crippen LogP contribution in [0.4, 0.5) is 0 Å². The van der Waals surface area contributed by atoms with Crippen LogP contribution in [0.5, 0.6) is 0 Å². The average Bonchev–Trinajstić information content (AvgIpc) is 2.42. The maximum atomic E-state index is 4.08. The van der Waals surface area contributed by atoms with Crippen LogP contribution in [0.1, 0.15) is 30.0 Å². The van der Waals surface area contributed by atoms with E-state index in [0.717, 1.165) is 0 Å². The number of nitrogens with one attached hydrogen (secondary N) is 1. The van der Waals surface area contributed by atoms with Crippen molar-refractivity contribution in [3.63, 3.8) is 0 Å². The Balaban J connectivity index is 2.26. The molecule has 2 atom stereocenters. The summed E-state index contributed by atoms with van der Waals surface area (Å²) in [6, 6.07) is 13.2. The second-order valence-corrected chi connectivity index (χ2v) is 5.63. The van der Waals surface area contributed by atoms with Crippen LogP contribution in [0.25, 0.3) is 0 Å². The standard InChI is InChI=1S/C15H17IN2/c1-11(12-7-9-18-10-8-12)15(17-2)13-3-5-14(16)6-4-13/h3-11,15,17H,1-2H3. The lowest BCUT2D eigenvalue weighted by atomic mass is 9.89. The van der Waals surface area contributed by atoms with E-state index >= 15 is 0 Å². The summed E-state index contributed by atoms with van der Waals surface area (Å²) in [5, 5.41) is 3.41. The molecular formula is C15H17IN2. The first-order valence-electron chi connectivity index (χ1n) is 6.05. The minimum absolute atomic E-state index is 0.324. The molecule has 18 heavy (non-hydrogen) atoms. The molecule has 0 amide bonds. The summed E-state index contributed by atoms with van der Waals surface area (Å²) in [5.41, 5.74) is 2.63. The Labute approximate surface area is 122 Å². The zero-order valence-electron chi connectivity index (χ0n) is 10.6. The Morgan fingerprint density at radius 1 is 1.00 bits per heavy atom. The normalized spacial score (nSPS) is 14.2. The van der Waals surface area contributed by atoms with Crippen molar-refractivity contribution in [1.82, 2.24) is 10.3 Å². The van der Waals surface area contributed by atoms with Crippen molar-refractivity contribution < 1.29 is 0 Å². The quantitative estimate of drug-likeness (QED) is 0.848. The zero-order valence-corrected chi connectivity index (χ0v) is 12.8. The van der Waals surface area contributed by atoms with Crippen molar-refractivity contribution in [2.75, 3.05) is 7.05 Å². The van der Waals surface area contributed by atoms with Crippen molar-refractivity contribution in [2.45, 2.75) is 18.9 Å². The monoisotopic (exact) mass is 352 g/mol. The van der Waals surface area contributed by atoms with Crippen LogP contribution in [0, 0.1) is 3.57 Å². The fourth-order valence-electron chi connectivity index (χ4n) is 2.23. The molecule has 0 aliphatic heterocycles. The van der Waals surface area contributed by atoms with Gasteiger partial charge in [-0.25, -0.2) is 0 Å². The first-order valence-corrected chi connectivity index (χ1v) is 7.13. The molecule has 0 bridgehead atoms. The van der Waals surface area contributed by atoms with Gasteiger partial charge in [0.15, 0.2) is 0 Å². The Bertz CT molecular complexity index is 482. The Morgan fingerprint density at radius 3 is 2.17 bits per heavy atom. The summed E-state index contributed by atoms with van der Waals surface area (Å²) < 4.78 is 1.27. The van der Waals surface area contributed by atoms with E-state index in [1.54, 1.807) is 0 Å². The van der Waals surface area contributed by atoms with Gasteiger partial charge >= 0.3 is 0 Å². The first kappa shape index (κ1) is 13.5. The second kappa shape index (κ2) is 6.29. The van der Waals surface area contributed by atoms with Gasteiger partial charge in [0.1, 0.15) is 0 Å². The summed E-state index contributed by atoms with van der Waals surface area (Å²) >= 11 is 2.33. The number of likely N-dealkylation sites (N-methyl/N-ethyl adjacent to an activating group) is 1. The van der Waals surface area contributed by atoms with Gasteiger partial charge < -0.3 is 5.32 Å². The van der Waals surface area contributed by atoms with Gasteiger partial charge in [0.25, 0.3) is 0 Å². The SMILES string of the molecule is CNC(c1ccc(I)cc1)C(C)c1ccncc1. The molecule has 1 aromatic heterocycles. The van der Waals surface area contributed by atoms with Crippen molar-refractivity contribution >= 4 is 22.6 Å². The van der Waals surface area contributed by atoms with Crippen molar-refractivity contribution in [1.29, 1.82) is 0 Å². The van der Waals surface area contributed by atoms with Crippen LogP contribution in [0.2, 0.25) is 0 Å². The van der Waals surface area contributed by atoms with E-state index in [9.17, 15) is 0 Å². The predicted octanol–water partition coefficient (Wildman–Crippen LogP) is 3.75. The van der Waals surface area contributed by atoms with Crippen LogP contribution in [0.3, 0.4) is 0 Å². The molecule has 0 aliphatic rings. The number of hydrogen-bond acceptors (Lipinski definition) is 2. The lowest BCUT2D eigenvalue weighted by Gasteiger charge is -2.24. The van der Waals surface area contributed by atoms with Crippen LogP contribution < -0.4 is 5.32 Å². The zero-order chi connectivity index (χ0) is 13.0.